The van der Waals surface area contributed by atoms with E-state index in [2.05, 4.69) is 34.4 Å². The molecule has 0 amide bonds. The summed E-state index contributed by atoms with van der Waals surface area (Å²) < 4.78 is 11.5. The number of benzene rings is 1. The van der Waals surface area contributed by atoms with Gasteiger partial charge in [-0.15, -0.1) is 11.3 Å². The number of hydrogen-bond donors (Lipinski definition) is 1. The minimum atomic E-state index is -1.57. The van der Waals surface area contributed by atoms with Crippen molar-refractivity contribution in [2.24, 2.45) is 0 Å². The first-order chi connectivity index (χ1) is 11.6. The van der Waals surface area contributed by atoms with Gasteiger partial charge in [-0.2, -0.15) is 0 Å². The van der Waals surface area contributed by atoms with Crippen molar-refractivity contribution in [2.75, 3.05) is 40.0 Å². The van der Waals surface area contributed by atoms with Crippen LogP contribution in [0.15, 0.2) is 29.6 Å². The molecule has 1 heterocycles. The standard InChI is InChI=1S/C17H21NO5S/c1-18(7-10-23-17(21)16(19)20)6-9-22-8-4-13-2-3-15-14(12-13)5-11-24-15/h2-3,5,11-12H,4,6-10H2,1H3,(H,19,20). The van der Waals surface area contributed by atoms with Crippen LogP contribution >= 0.6 is 11.3 Å². The van der Waals surface area contributed by atoms with E-state index < -0.39 is 11.9 Å². The number of likely N-dealkylation sites (N-methyl/N-ethyl adjacent to an activating group) is 1. The first-order valence-corrected chi connectivity index (χ1v) is 8.56. The maximum Gasteiger partial charge on any atom is 0.417 e. The summed E-state index contributed by atoms with van der Waals surface area (Å²) in [7, 11) is 1.86. The van der Waals surface area contributed by atoms with Crippen LogP contribution in [0, 0.1) is 0 Å². The third-order valence-electron chi connectivity index (χ3n) is 3.55. The lowest BCUT2D eigenvalue weighted by molar-refractivity contribution is -0.164. The van der Waals surface area contributed by atoms with Gasteiger partial charge in [0.1, 0.15) is 6.61 Å². The highest BCUT2D eigenvalue weighted by Gasteiger charge is 2.12. The molecule has 0 radical (unpaired) electrons. The van der Waals surface area contributed by atoms with Crippen molar-refractivity contribution in [2.45, 2.75) is 6.42 Å². The second kappa shape index (κ2) is 9.36. The molecule has 0 saturated heterocycles. The monoisotopic (exact) mass is 351 g/mol. The van der Waals surface area contributed by atoms with Crippen molar-refractivity contribution in [3.05, 3.63) is 35.2 Å². The normalized spacial score (nSPS) is 11.1. The predicted molar refractivity (Wildman–Crippen MR) is 92.4 cm³/mol. The van der Waals surface area contributed by atoms with Crippen LogP contribution in [0.4, 0.5) is 0 Å². The Bertz CT molecular complexity index is 684. The van der Waals surface area contributed by atoms with Crippen molar-refractivity contribution >= 4 is 33.4 Å². The fourth-order valence-electron chi connectivity index (χ4n) is 2.15. The summed E-state index contributed by atoms with van der Waals surface area (Å²) in [6, 6.07) is 8.58. The second-order valence-electron chi connectivity index (χ2n) is 5.40. The van der Waals surface area contributed by atoms with Gasteiger partial charge in [0.15, 0.2) is 0 Å². The van der Waals surface area contributed by atoms with E-state index in [9.17, 15) is 9.59 Å². The molecule has 0 spiro atoms. The highest BCUT2D eigenvalue weighted by atomic mass is 32.1. The summed E-state index contributed by atoms with van der Waals surface area (Å²) in [6.45, 7) is 2.44. The van der Waals surface area contributed by atoms with Crippen LogP contribution in [0.25, 0.3) is 10.1 Å². The number of esters is 1. The van der Waals surface area contributed by atoms with Crippen LogP contribution < -0.4 is 0 Å². The van der Waals surface area contributed by atoms with Crippen LogP contribution in [-0.2, 0) is 25.5 Å². The summed E-state index contributed by atoms with van der Waals surface area (Å²) in [5, 5.41) is 11.7. The Morgan fingerprint density at radius 3 is 2.75 bits per heavy atom. The third kappa shape index (κ3) is 5.92. The van der Waals surface area contributed by atoms with E-state index in [1.54, 1.807) is 11.3 Å². The van der Waals surface area contributed by atoms with Gasteiger partial charge in [0, 0.05) is 17.8 Å². The zero-order chi connectivity index (χ0) is 17.4. The predicted octanol–water partition coefficient (Wildman–Crippen LogP) is 2.02. The van der Waals surface area contributed by atoms with Gasteiger partial charge in [-0.25, -0.2) is 9.59 Å². The number of thiophene rings is 1. The third-order valence-corrected chi connectivity index (χ3v) is 4.45. The number of carboxylic acids is 1. The Kier molecular flexibility index (Phi) is 7.17. The lowest BCUT2D eigenvalue weighted by Gasteiger charge is -2.16. The Morgan fingerprint density at radius 2 is 1.96 bits per heavy atom. The van der Waals surface area contributed by atoms with Gasteiger partial charge in [-0.3, -0.25) is 0 Å². The fraction of sp³-hybridized carbons (Fsp3) is 0.412. The molecular weight excluding hydrogens is 330 g/mol. The molecule has 0 aliphatic rings. The van der Waals surface area contributed by atoms with Crippen LogP contribution in [0.3, 0.4) is 0 Å². The summed E-state index contributed by atoms with van der Waals surface area (Å²) in [5.41, 5.74) is 1.26. The number of carboxylic acid groups (broad SMARTS) is 1. The molecule has 1 aromatic heterocycles. The van der Waals surface area contributed by atoms with Crippen LogP contribution in [0.1, 0.15) is 5.56 Å². The average Bonchev–Trinajstić information content (AvgIpc) is 3.02. The van der Waals surface area contributed by atoms with E-state index in [1.807, 2.05) is 11.9 Å². The molecule has 24 heavy (non-hydrogen) atoms. The first-order valence-electron chi connectivity index (χ1n) is 7.69. The average molecular weight is 351 g/mol. The smallest absolute Gasteiger partial charge is 0.417 e. The van der Waals surface area contributed by atoms with E-state index in [0.717, 1.165) is 6.42 Å². The van der Waals surface area contributed by atoms with Crippen LogP contribution in [0.2, 0.25) is 0 Å². The van der Waals surface area contributed by atoms with E-state index in [1.165, 1.54) is 15.6 Å². The molecule has 0 atom stereocenters. The molecule has 0 aliphatic heterocycles. The summed E-state index contributed by atoms with van der Waals surface area (Å²) in [4.78, 5) is 23.0. The summed E-state index contributed by atoms with van der Waals surface area (Å²) >= 11 is 1.74. The first kappa shape index (κ1) is 18.4. The fourth-order valence-corrected chi connectivity index (χ4v) is 2.92. The quantitative estimate of drug-likeness (QED) is 0.423. The number of hydrogen-bond acceptors (Lipinski definition) is 6. The molecule has 0 fully saturated rings. The zero-order valence-corrected chi connectivity index (χ0v) is 14.4. The number of nitrogens with zero attached hydrogens (tertiary/aromatic N) is 1. The van der Waals surface area contributed by atoms with Gasteiger partial charge in [-0.05, 0) is 41.9 Å². The molecule has 0 aliphatic carbocycles. The summed E-state index contributed by atoms with van der Waals surface area (Å²) in [5.74, 6) is -2.79. The van der Waals surface area contributed by atoms with Gasteiger partial charge < -0.3 is 19.5 Å². The Hall–Kier alpha value is -1.96. The van der Waals surface area contributed by atoms with E-state index in [4.69, 9.17) is 9.84 Å². The molecule has 1 aromatic carbocycles. The van der Waals surface area contributed by atoms with Crippen molar-refractivity contribution in [3.8, 4) is 0 Å². The molecule has 1 N–H and O–H groups in total. The molecule has 0 unspecified atom stereocenters. The highest BCUT2D eigenvalue weighted by molar-refractivity contribution is 7.17. The van der Waals surface area contributed by atoms with E-state index >= 15 is 0 Å². The van der Waals surface area contributed by atoms with Gasteiger partial charge in [0.2, 0.25) is 0 Å². The summed E-state index contributed by atoms with van der Waals surface area (Å²) in [6.07, 6.45) is 0.867. The Morgan fingerprint density at radius 1 is 1.17 bits per heavy atom. The van der Waals surface area contributed by atoms with E-state index in [0.29, 0.717) is 26.3 Å². The molecular formula is C17H21NO5S. The van der Waals surface area contributed by atoms with Crippen molar-refractivity contribution in [3.63, 3.8) is 0 Å². The van der Waals surface area contributed by atoms with E-state index in [-0.39, 0.29) is 6.61 Å². The number of ether oxygens (including phenoxy) is 2. The van der Waals surface area contributed by atoms with Crippen molar-refractivity contribution in [1.29, 1.82) is 0 Å². The van der Waals surface area contributed by atoms with Crippen molar-refractivity contribution < 1.29 is 24.2 Å². The highest BCUT2D eigenvalue weighted by Crippen LogP contribution is 2.21. The molecule has 6 nitrogen and oxygen atoms in total. The number of aliphatic carboxylic acids is 1. The molecule has 0 saturated carbocycles. The van der Waals surface area contributed by atoms with Crippen molar-refractivity contribution in [1.82, 2.24) is 4.90 Å². The number of rotatable bonds is 9. The molecule has 2 aromatic rings. The lowest BCUT2D eigenvalue weighted by atomic mass is 10.1. The SMILES string of the molecule is CN(CCOCCc1ccc2sccc2c1)CCOC(=O)C(=O)O. The zero-order valence-electron chi connectivity index (χ0n) is 13.6. The van der Waals surface area contributed by atoms with Crippen LogP contribution in [0.5, 0.6) is 0 Å². The van der Waals surface area contributed by atoms with Gasteiger partial charge in [-0.1, -0.05) is 12.1 Å². The molecule has 130 valence electrons. The Labute approximate surface area is 144 Å². The van der Waals surface area contributed by atoms with Gasteiger partial charge in [0.25, 0.3) is 0 Å². The minimum absolute atomic E-state index is 0.0578. The number of carbonyl (C=O) groups excluding carboxylic acids is 1. The molecule has 7 heteroatoms. The topological polar surface area (TPSA) is 76.1 Å². The van der Waals surface area contributed by atoms with Crippen LogP contribution in [-0.4, -0.2) is 61.9 Å². The second-order valence-corrected chi connectivity index (χ2v) is 6.35. The van der Waals surface area contributed by atoms with Gasteiger partial charge in [0.05, 0.1) is 13.2 Å². The van der Waals surface area contributed by atoms with Gasteiger partial charge >= 0.3 is 11.9 Å². The molecule has 2 rings (SSSR count). The lowest BCUT2D eigenvalue weighted by Crippen LogP contribution is -2.29. The Balaban J connectivity index is 1.55. The maximum absolute atomic E-state index is 10.8. The minimum Gasteiger partial charge on any atom is -0.473 e. The largest absolute Gasteiger partial charge is 0.473 e. The number of carbonyl (C=O) groups is 2. The molecule has 0 bridgehead atoms. The number of fused-ring (bicyclic) bond motifs is 1. The maximum atomic E-state index is 10.8.